The van der Waals surface area contributed by atoms with Crippen LogP contribution < -0.4 is 0 Å². The second-order valence-electron chi connectivity index (χ2n) is 6.98. The normalized spacial score (nSPS) is 26.2. The van der Waals surface area contributed by atoms with Gasteiger partial charge in [-0.25, -0.2) is 0 Å². The van der Waals surface area contributed by atoms with Gasteiger partial charge in [-0.05, 0) is 33.6 Å². The molecule has 2 aliphatic rings. The molecule has 20 heavy (non-hydrogen) atoms. The lowest BCUT2D eigenvalue weighted by Crippen LogP contribution is -2.42. The zero-order valence-corrected chi connectivity index (χ0v) is 13.2. The van der Waals surface area contributed by atoms with Gasteiger partial charge >= 0.3 is 0 Å². The molecule has 2 fully saturated rings. The van der Waals surface area contributed by atoms with E-state index in [4.69, 9.17) is 4.84 Å². The van der Waals surface area contributed by atoms with E-state index in [-0.39, 0.29) is 11.6 Å². The number of hydrogen-bond donors (Lipinski definition) is 0. The van der Waals surface area contributed by atoms with Crippen molar-refractivity contribution >= 4 is 0 Å². The van der Waals surface area contributed by atoms with E-state index in [0.29, 0.717) is 4.97 Å². The quantitative estimate of drug-likeness (QED) is 0.452. The van der Waals surface area contributed by atoms with E-state index >= 15 is 0 Å². The lowest BCUT2D eigenvalue weighted by molar-refractivity contribution is -0.720. The Morgan fingerprint density at radius 1 is 1.25 bits per heavy atom. The second kappa shape index (κ2) is 6.16. The van der Waals surface area contributed by atoms with Crippen LogP contribution in [0.3, 0.4) is 0 Å². The van der Waals surface area contributed by atoms with Gasteiger partial charge in [0.1, 0.15) is 6.10 Å². The van der Waals surface area contributed by atoms with E-state index in [0.717, 1.165) is 25.6 Å². The highest BCUT2D eigenvalue weighted by Crippen LogP contribution is 2.27. The fraction of sp³-hybridized carbons (Fsp3) is 1.00. The molecule has 1 aliphatic heterocycles. The van der Waals surface area contributed by atoms with Crippen molar-refractivity contribution in [2.75, 3.05) is 20.1 Å². The minimum Gasteiger partial charge on any atom is -0.569 e. The first-order valence-electron chi connectivity index (χ1n) is 7.70. The third-order valence-corrected chi connectivity index (χ3v) is 4.51. The summed E-state index contributed by atoms with van der Waals surface area (Å²) < 4.78 is 0. The average molecular weight is 284 g/mol. The Balaban J connectivity index is 1.80. The molecule has 0 aromatic carbocycles. The van der Waals surface area contributed by atoms with Crippen LogP contribution in [0.4, 0.5) is 0 Å². The van der Waals surface area contributed by atoms with Crippen molar-refractivity contribution in [2.24, 2.45) is 5.28 Å². The van der Waals surface area contributed by atoms with E-state index in [9.17, 15) is 5.21 Å². The van der Waals surface area contributed by atoms with E-state index < -0.39 is 0 Å². The Labute approximate surface area is 121 Å². The zero-order chi connectivity index (χ0) is 14.8. The molecule has 1 aliphatic carbocycles. The summed E-state index contributed by atoms with van der Waals surface area (Å²) in [5.74, 6) is 0. The molecule has 116 valence electrons. The smallest absolute Gasteiger partial charge is 0.233 e. The van der Waals surface area contributed by atoms with Crippen LogP contribution in [0.1, 0.15) is 52.9 Å². The van der Waals surface area contributed by atoms with Crippen molar-refractivity contribution in [3.63, 3.8) is 0 Å². The maximum Gasteiger partial charge on any atom is 0.233 e. The van der Waals surface area contributed by atoms with Gasteiger partial charge in [-0.3, -0.25) is 4.90 Å². The van der Waals surface area contributed by atoms with E-state index in [1.165, 1.54) is 30.7 Å². The largest absolute Gasteiger partial charge is 0.569 e. The topological polar surface area (TPSA) is 54.1 Å². The third kappa shape index (κ3) is 3.75. The van der Waals surface area contributed by atoms with Gasteiger partial charge in [-0.1, -0.05) is 12.8 Å². The van der Waals surface area contributed by atoms with E-state index in [2.05, 4.69) is 10.2 Å². The first kappa shape index (κ1) is 15.4. The zero-order valence-electron chi connectivity index (χ0n) is 13.2. The van der Waals surface area contributed by atoms with Gasteiger partial charge in [0.15, 0.2) is 0 Å². The molecular formula is C14H28N4O2. The summed E-state index contributed by atoms with van der Waals surface area (Å²) in [7, 11) is 1.72. The molecule has 6 heteroatoms. The molecule has 1 saturated carbocycles. The molecule has 0 unspecified atom stereocenters. The van der Waals surface area contributed by atoms with Crippen molar-refractivity contribution in [2.45, 2.75) is 70.6 Å². The average Bonchev–Trinajstić information content (AvgIpc) is 3.04. The molecule has 0 amide bonds. The van der Waals surface area contributed by atoms with Crippen LogP contribution in [0.25, 0.3) is 0 Å². The molecule has 1 heterocycles. The summed E-state index contributed by atoms with van der Waals surface area (Å²) in [5, 5.41) is 17.1. The molecule has 1 saturated heterocycles. The predicted molar refractivity (Wildman–Crippen MR) is 76.9 cm³/mol. The molecule has 0 spiro atoms. The SMILES string of the molecule is CN(/[N+]([O-])=N/O[C@@H]1CCN(C2CCCC2)C1)C(C)(C)C. The predicted octanol–water partition coefficient (Wildman–Crippen LogP) is 2.54. The highest BCUT2D eigenvalue weighted by atomic mass is 16.7. The standard InChI is InChI=1S/C14H28N4O2/c1-14(2,3)16(4)18(19)15-20-13-9-10-17(11-13)12-7-5-6-8-12/h12-13H,5-11H2,1-4H3/b18-15-/t13-/m1/s1. The Morgan fingerprint density at radius 3 is 2.50 bits per heavy atom. The molecule has 0 aromatic rings. The van der Waals surface area contributed by atoms with Gasteiger partial charge in [-0.15, -0.1) is 5.01 Å². The molecule has 2 rings (SSSR count). The van der Waals surface area contributed by atoms with Crippen molar-refractivity contribution in [1.82, 2.24) is 9.91 Å². The van der Waals surface area contributed by atoms with Gasteiger partial charge < -0.3 is 10.0 Å². The second-order valence-corrected chi connectivity index (χ2v) is 6.98. The monoisotopic (exact) mass is 284 g/mol. The van der Waals surface area contributed by atoms with Gasteiger partial charge in [0, 0.05) is 25.6 Å². The summed E-state index contributed by atoms with van der Waals surface area (Å²) in [6.07, 6.45) is 6.34. The molecule has 0 bridgehead atoms. The Bertz CT molecular complexity index is 348. The number of nitrogens with zero attached hydrogens (tertiary/aromatic N) is 4. The van der Waals surface area contributed by atoms with Gasteiger partial charge in [0.05, 0.1) is 17.6 Å². The molecule has 0 N–H and O–H groups in total. The van der Waals surface area contributed by atoms with Gasteiger partial charge in [0.2, 0.25) is 5.28 Å². The maximum atomic E-state index is 11.8. The number of hydrazine groups is 1. The van der Waals surface area contributed by atoms with Crippen LogP contribution in [-0.2, 0) is 4.84 Å². The van der Waals surface area contributed by atoms with Crippen LogP contribution in [-0.4, -0.2) is 52.7 Å². The first-order valence-corrected chi connectivity index (χ1v) is 7.70. The van der Waals surface area contributed by atoms with Crippen LogP contribution in [0.5, 0.6) is 0 Å². The summed E-state index contributed by atoms with van der Waals surface area (Å²) in [5.41, 5.74) is -0.264. The Hall–Kier alpha value is -1.04. The number of likely N-dealkylation sites (tertiary alicyclic amines) is 1. The molecule has 0 aromatic heterocycles. The summed E-state index contributed by atoms with van der Waals surface area (Å²) in [4.78, 5) is 8.48. The van der Waals surface area contributed by atoms with Crippen LogP contribution in [0.2, 0.25) is 0 Å². The van der Waals surface area contributed by atoms with Crippen LogP contribution >= 0.6 is 0 Å². The number of rotatable bonds is 4. The van der Waals surface area contributed by atoms with Crippen molar-refractivity contribution in [1.29, 1.82) is 0 Å². The molecule has 0 radical (unpaired) electrons. The van der Waals surface area contributed by atoms with Crippen molar-refractivity contribution in [3.05, 3.63) is 5.21 Å². The van der Waals surface area contributed by atoms with Crippen molar-refractivity contribution in [3.8, 4) is 0 Å². The first-order chi connectivity index (χ1) is 9.38. The van der Waals surface area contributed by atoms with E-state index in [1.807, 2.05) is 20.8 Å². The fourth-order valence-electron chi connectivity index (χ4n) is 2.86. The molecule has 6 nitrogen and oxygen atoms in total. The van der Waals surface area contributed by atoms with E-state index in [1.54, 1.807) is 7.05 Å². The fourth-order valence-corrected chi connectivity index (χ4v) is 2.86. The lowest BCUT2D eigenvalue weighted by atomic mass is 10.1. The minimum absolute atomic E-state index is 0.0559. The lowest BCUT2D eigenvalue weighted by Gasteiger charge is -2.26. The Kier molecular flexibility index (Phi) is 4.73. The summed E-state index contributed by atoms with van der Waals surface area (Å²) in [6.45, 7) is 7.86. The van der Waals surface area contributed by atoms with Crippen molar-refractivity contribution < 1.29 is 9.81 Å². The highest BCUT2D eigenvalue weighted by molar-refractivity contribution is 4.84. The highest BCUT2D eigenvalue weighted by Gasteiger charge is 2.32. The van der Waals surface area contributed by atoms with Crippen LogP contribution in [0.15, 0.2) is 5.28 Å². The maximum absolute atomic E-state index is 11.8. The molecule has 1 atom stereocenters. The number of hydrogen-bond acceptors (Lipinski definition) is 4. The molecular weight excluding hydrogens is 256 g/mol. The summed E-state index contributed by atoms with van der Waals surface area (Å²) >= 11 is 0. The third-order valence-electron chi connectivity index (χ3n) is 4.51. The minimum atomic E-state index is -0.264. The summed E-state index contributed by atoms with van der Waals surface area (Å²) in [6, 6.07) is 0.726. The Morgan fingerprint density at radius 2 is 1.90 bits per heavy atom. The van der Waals surface area contributed by atoms with Gasteiger partial charge in [0.25, 0.3) is 0 Å². The van der Waals surface area contributed by atoms with Gasteiger partial charge in [-0.2, -0.15) is 0 Å². The van der Waals surface area contributed by atoms with Crippen LogP contribution in [0, 0.1) is 5.21 Å².